The van der Waals surface area contributed by atoms with Crippen molar-refractivity contribution in [2.75, 3.05) is 26.8 Å². The van der Waals surface area contributed by atoms with Crippen molar-refractivity contribution in [1.29, 1.82) is 0 Å². The van der Waals surface area contributed by atoms with Crippen LogP contribution in [0.3, 0.4) is 0 Å². The van der Waals surface area contributed by atoms with E-state index < -0.39 is 18.1 Å². The molecule has 33 heavy (non-hydrogen) atoms. The van der Waals surface area contributed by atoms with Gasteiger partial charge < -0.3 is 14.4 Å². The zero-order valence-electron chi connectivity index (χ0n) is 19.5. The van der Waals surface area contributed by atoms with Gasteiger partial charge in [-0.1, -0.05) is 13.8 Å². The predicted molar refractivity (Wildman–Crippen MR) is 122 cm³/mol. The van der Waals surface area contributed by atoms with Gasteiger partial charge >= 0.3 is 12.1 Å². The summed E-state index contributed by atoms with van der Waals surface area (Å²) in [6.45, 7) is 7.05. The first-order valence-electron chi connectivity index (χ1n) is 11.0. The molecule has 2 aliphatic rings. The molecule has 4 rings (SSSR count). The monoisotopic (exact) mass is 475 g/mol. The van der Waals surface area contributed by atoms with E-state index in [0.717, 1.165) is 21.6 Å². The lowest BCUT2D eigenvalue weighted by Crippen LogP contribution is -2.52. The molecule has 10 nitrogen and oxygen atoms in total. The maximum absolute atomic E-state index is 13.5. The highest BCUT2D eigenvalue weighted by atomic mass is 32.2. The number of hydrogen-bond acceptors (Lipinski definition) is 8. The summed E-state index contributed by atoms with van der Waals surface area (Å²) in [7, 11) is 3.15. The molecule has 2 fully saturated rings. The Morgan fingerprint density at radius 2 is 1.97 bits per heavy atom. The summed E-state index contributed by atoms with van der Waals surface area (Å²) in [4.78, 5) is 46.5. The molecular weight excluding hydrogens is 446 g/mol. The van der Waals surface area contributed by atoms with Crippen molar-refractivity contribution in [2.45, 2.75) is 55.8 Å². The molecule has 11 heteroatoms. The van der Waals surface area contributed by atoms with Gasteiger partial charge in [0.1, 0.15) is 6.61 Å². The van der Waals surface area contributed by atoms with E-state index in [9.17, 15) is 14.4 Å². The number of carbonyl (C=O) groups excluding carboxylic acids is 3. The molecule has 0 N–H and O–H groups in total. The van der Waals surface area contributed by atoms with E-state index in [1.54, 1.807) is 27.5 Å². The van der Waals surface area contributed by atoms with Gasteiger partial charge in [0, 0.05) is 42.5 Å². The van der Waals surface area contributed by atoms with Gasteiger partial charge in [-0.25, -0.2) is 14.6 Å². The Kier molecular flexibility index (Phi) is 6.51. The summed E-state index contributed by atoms with van der Waals surface area (Å²) in [5.41, 5.74) is 2.17. The molecule has 0 aromatic carbocycles. The van der Waals surface area contributed by atoms with Crippen molar-refractivity contribution in [3.8, 4) is 0 Å². The Hall–Kier alpha value is -2.82. The third-order valence-electron chi connectivity index (χ3n) is 6.09. The molecule has 178 valence electrons. The fourth-order valence-electron chi connectivity index (χ4n) is 4.56. The number of esters is 1. The Labute approximate surface area is 196 Å². The van der Waals surface area contributed by atoms with Gasteiger partial charge in [-0.2, -0.15) is 5.10 Å². The second kappa shape index (κ2) is 9.20. The van der Waals surface area contributed by atoms with Crippen LogP contribution in [0.15, 0.2) is 11.1 Å². The maximum Gasteiger partial charge on any atom is 0.410 e. The third-order valence-corrected chi connectivity index (χ3v) is 7.22. The minimum Gasteiger partial charge on any atom is -0.467 e. The van der Waals surface area contributed by atoms with Crippen molar-refractivity contribution in [1.82, 2.24) is 24.6 Å². The van der Waals surface area contributed by atoms with Crippen LogP contribution < -0.4 is 0 Å². The number of thioether (sulfide) groups is 1. The molecule has 2 aliphatic heterocycles. The fourth-order valence-corrected chi connectivity index (χ4v) is 5.66. The van der Waals surface area contributed by atoms with Gasteiger partial charge in [0.25, 0.3) is 5.91 Å². The van der Waals surface area contributed by atoms with Crippen LogP contribution in [0.5, 0.6) is 0 Å². The Bertz CT molecular complexity index is 1090. The molecule has 0 radical (unpaired) electrons. The number of piperidine rings is 1. The first-order chi connectivity index (χ1) is 15.7. The molecule has 1 unspecified atom stereocenters. The maximum atomic E-state index is 13.5. The molecule has 0 aliphatic carbocycles. The number of rotatable bonds is 5. The van der Waals surface area contributed by atoms with Gasteiger partial charge in [0.15, 0.2) is 11.7 Å². The average Bonchev–Trinajstić information content (AvgIpc) is 3.32. The fraction of sp³-hybridized carbons (Fsp3) is 0.591. The summed E-state index contributed by atoms with van der Waals surface area (Å²) < 4.78 is 11.6. The number of cyclic esters (lactones) is 1. The number of pyridine rings is 1. The summed E-state index contributed by atoms with van der Waals surface area (Å²) in [5, 5.41) is 5.69. The van der Waals surface area contributed by atoms with Crippen LogP contribution in [-0.2, 0) is 21.3 Å². The topological polar surface area (TPSA) is 107 Å². The number of likely N-dealkylation sites (tertiary alicyclic amines) is 1. The summed E-state index contributed by atoms with van der Waals surface area (Å²) in [6.07, 6.45) is 2.26. The zero-order chi connectivity index (χ0) is 23.9. The number of carbonyl (C=O) groups is 3. The number of fused-ring (bicyclic) bond motifs is 1. The van der Waals surface area contributed by atoms with Crippen LogP contribution in [0.4, 0.5) is 4.79 Å². The third kappa shape index (κ3) is 4.25. The van der Waals surface area contributed by atoms with Crippen molar-refractivity contribution < 1.29 is 23.9 Å². The van der Waals surface area contributed by atoms with Gasteiger partial charge in [0.2, 0.25) is 0 Å². The largest absolute Gasteiger partial charge is 0.467 e. The number of ether oxygens (including phenoxy) is 2. The zero-order valence-corrected chi connectivity index (χ0v) is 20.3. The van der Waals surface area contributed by atoms with Gasteiger partial charge in [-0.05, 0) is 19.8 Å². The highest BCUT2D eigenvalue weighted by molar-refractivity contribution is 8.00. The Morgan fingerprint density at radius 1 is 1.27 bits per heavy atom. The summed E-state index contributed by atoms with van der Waals surface area (Å²) >= 11 is 1.64. The van der Waals surface area contributed by atoms with Crippen LogP contribution >= 0.6 is 11.8 Å². The number of nitrogens with zero attached hydrogens (tertiary/aromatic N) is 5. The van der Waals surface area contributed by atoms with Gasteiger partial charge in [0.05, 0.1) is 23.8 Å². The second-order valence-electron chi connectivity index (χ2n) is 8.62. The van der Waals surface area contributed by atoms with Crippen LogP contribution in [-0.4, -0.2) is 86.7 Å². The highest BCUT2D eigenvalue weighted by Crippen LogP contribution is 2.36. The summed E-state index contributed by atoms with van der Waals surface area (Å²) in [5.74, 6) is -0.566. The van der Waals surface area contributed by atoms with Crippen LogP contribution in [0.2, 0.25) is 0 Å². The van der Waals surface area contributed by atoms with Gasteiger partial charge in [-0.15, -0.1) is 11.8 Å². The van der Waals surface area contributed by atoms with Crippen molar-refractivity contribution >= 4 is 40.8 Å². The molecule has 2 amide bonds. The lowest BCUT2D eigenvalue weighted by molar-refractivity contribution is -0.145. The van der Waals surface area contributed by atoms with Crippen molar-refractivity contribution in [3.05, 3.63) is 17.5 Å². The van der Waals surface area contributed by atoms with E-state index in [-0.39, 0.29) is 23.8 Å². The number of aromatic nitrogens is 3. The molecule has 0 bridgehead atoms. The van der Waals surface area contributed by atoms with E-state index in [0.29, 0.717) is 31.5 Å². The molecule has 2 aromatic heterocycles. The lowest BCUT2D eigenvalue weighted by atomic mass is 10.0. The number of amides is 2. The normalized spacial score (nSPS) is 19.5. The van der Waals surface area contributed by atoms with E-state index in [1.165, 1.54) is 12.0 Å². The van der Waals surface area contributed by atoms with E-state index in [4.69, 9.17) is 9.47 Å². The predicted octanol–water partition coefficient (Wildman–Crippen LogP) is 2.38. The molecule has 1 atom stereocenters. The smallest absolute Gasteiger partial charge is 0.410 e. The highest BCUT2D eigenvalue weighted by Gasteiger charge is 2.44. The first kappa shape index (κ1) is 23.3. The molecule has 2 saturated heterocycles. The molecule has 0 saturated carbocycles. The number of aryl methyl sites for hydroxylation is 2. The lowest BCUT2D eigenvalue weighted by Gasteiger charge is -2.37. The average molecular weight is 476 g/mol. The van der Waals surface area contributed by atoms with Crippen LogP contribution in [0.1, 0.15) is 42.7 Å². The first-order valence-corrected chi connectivity index (χ1v) is 11.9. The van der Waals surface area contributed by atoms with E-state index in [2.05, 4.69) is 23.9 Å². The molecule has 0 spiro atoms. The minimum absolute atomic E-state index is 0.00339. The quantitative estimate of drug-likeness (QED) is 0.479. The molecule has 2 aromatic rings. The van der Waals surface area contributed by atoms with Crippen molar-refractivity contribution in [2.24, 2.45) is 7.05 Å². The van der Waals surface area contributed by atoms with Crippen LogP contribution in [0, 0.1) is 6.92 Å². The standard InChI is InChI=1S/C22H29N5O5S/c1-12(2)33-18-15(10-23-19-17(18)13(3)24-25(19)4)20(28)26-8-6-14(7-9-26)27-16(21(29)31-5)11-32-22(27)30/h10,12,14,16H,6-9,11H2,1-5H3. The molecule has 4 heterocycles. The van der Waals surface area contributed by atoms with Gasteiger partial charge in [-0.3, -0.25) is 14.4 Å². The van der Waals surface area contributed by atoms with Crippen molar-refractivity contribution in [3.63, 3.8) is 0 Å². The van der Waals surface area contributed by atoms with Crippen LogP contribution in [0.25, 0.3) is 11.0 Å². The number of methoxy groups -OCH3 is 1. The number of hydrogen-bond donors (Lipinski definition) is 0. The summed E-state index contributed by atoms with van der Waals surface area (Å²) in [6, 6.07) is -0.914. The van der Waals surface area contributed by atoms with E-state index >= 15 is 0 Å². The Balaban J connectivity index is 1.55. The SMILES string of the molecule is COC(=O)C1COC(=O)N1C1CCN(C(=O)c2cnc3c(c(C)nn3C)c2SC(C)C)CC1. The Morgan fingerprint density at radius 3 is 2.61 bits per heavy atom. The molecular formula is C22H29N5O5S. The van der Waals surface area contributed by atoms with E-state index in [1.807, 2.05) is 14.0 Å². The minimum atomic E-state index is -0.732. The second-order valence-corrected chi connectivity index (χ2v) is 10.2.